The van der Waals surface area contributed by atoms with Crippen LogP contribution in [0.2, 0.25) is 0 Å². The van der Waals surface area contributed by atoms with Crippen molar-refractivity contribution in [3.05, 3.63) is 106 Å². The zero-order valence-corrected chi connectivity index (χ0v) is 18.7. The van der Waals surface area contributed by atoms with E-state index in [4.69, 9.17) is 5.21 Å². The average molecular weight is 489 g/mol. The Morgan fingerprint density at radius 3 is 2.28 bits per heavy atom. The van der Waals surface area contributed by atoms with Crippen molar-refractivity contribution in [3.8, 4) is 22.4 Å². The van der Waals surface area contributed by atoms with E-state index in [0.29, 0.717) is 24.1 Å². The molecule has 0 radical (unpaired) electrons. The Bertz CT molecular complexity index is 1250. The van der Waals surface area contributed by atoms with Gasteiger partial charge in [0.25, 0.3) is 5.91 Å². The van der Waals surface area contributed by atoms with Crippen LogP contribution in [0.1, 0.15) is 32.8 Å². The molecule has 6 heteroatoms. The molecule has 32 heavy (non-hydrogen) atoms. The number of carbonyl (C=O) groups is 2. The maximum atomic E-state index is 13.2. The van der Waals surface area contributed by atoms with Gasteiger partial charge in [0.2, 0.25) is 0 Å². The van der Waals surface area contributed by atoms with Gasteiger partial charge in [0.15, 0.2) is 5.78 Å². The molecule has 3 aromatic carbocycles. The number of amides is 1. The third-order valence-electron chi connectivity index (χ3n) is 5.28. The number of halogens is 1. The quantitative estimate of drug-likeness (QED) is 0.168. The fourth-order valence-corrected chi connectivity index (χ4v) is 4.00. The number of aromatic nitrogens is 1. The predicted molar refractivity (Wildman–Crippen MR) is 128 cm³/mol. The number of H-pyrrole nitrogens is 1. The van der Waals surface area contributed by atoms with E-state index >= 15 is 0 Å². The zero-order valence-electron chi connectivity index (χ0n) is 17.1. The Kier molecular flexibility index (Phi) is 6.63. The fourth-order valence-electron chi connectivity index (χ4n) is 3.60. The molecule has 4 rings (SSSR count). The molecule has 0 spiro atoms. The Labute approximate surface area is 194 Å². The number of hydrogen-bond acceptors (Lipinski definition) is 3. The van der Waals surface area contributed by atoms with Crippen molar-refractivity contribution < 1.29 is 14.8 Å². The summed E-state index contributed by atoms with van der Waals surface area (Å²) in [5.74, 6) is -0.551. The highest BCUT2D eigenvalue weighted by Gasteiger charge is 2.18. The van der Waals surface area contributed by atoms with Crippen molar-refractivity contribution in [2.45, 2.75) is 12.8 Å². The Morgan fingerprint density at radius 2 is 1.59 bits per heavy atom. The summed E-state index contributed by atoms with van der Waals surface area (Å²) in [5.41, 5.74) is 7.22. The highest BCUT2D eigenvalue weighted by atomic mass is 79.9. The molecular formula is C26H21BrN2O3. The van der Waals surface area contributed by atoms with Gasteiger partial charge in [-0.1, -0.05) is 70.5 Å². The lowest BCUT2D eigenvalue weighted by atomic mass is 9.99. The van der Waals surface area contributed by atoms with Crippen LogP contribution in [0.25, 0.3) is 22.4 Å². The highest BCUT2D eigenvalue weighted by Crippen LogP contribution is 2.32. The molecule has 0 atom stereocenters. The van der Waals surface area contributed by atoms with Crippen LogP contribution in [0.3, 0.4) is 0 Å². The maximum absolute atomic E-state index is 13.2. The number of hydrogen-bond donors (Lipinski definition) is 3. The fraction of sp³-hybridized carbons (Fsp3) is 0.0769. The first kappa shape index (κ1) is 21.7. The number of Topliss-reactive ketones (excluding diaryl/α,β-unsaturated/α-hetero) is 1. The minimum Gasteiger partial charge on any atom is -0.352 e. The first-order chi connectivity index (χ1) is 15.5. The Morgan fingerprint density at radius 1 is 0.875 bits per heavy atom. The molecule has 0 saturated heterocycles. The predicted octanol–water partition coefficient (Wildman–Crippen LogP) is 6.05. The van der Waals surface area contributed by atoms with E-state index in [1.165, 1.54) is 0 Å². The van der Waals surface area contributed by atoms with E-state index in [0.717, 1.165) is 32.4 Å². The SMILES string of the molecule is O=C(NO)c1ccc(CCC(=O)c2[nH]c(-c3ccccc3)cc2-c2cccc(Br)c2)cc1. The van der Waals surface area contributed by atoms with Crippen molar-refractivity contribution in [1.29, 1.82) is 0 Å². The summed E-state index contributed by atoms with van der Waals surface area (Å²) in [6.07, 6.45) is 0.860. The van der Waals surface area contributed by atoms with E-state index in [9.17, 15) is 9.59 Å². The molecule has 0 bridgehead atoms. The van der Waals surface area contributed by atoms with E-state index in [2.05, 4.69) is 20.9 Å². The molecule has 160 valence electrons. The topological polar surface area (TPSA) is 82.2 Å². The summed E-state index contributed by atoms with van der Waals surface area (Å²) in [4.78, 5) is 28.0. The van der Waals surface area contributed by atoms with E-state index < -0.39 is 5.91 Å². The van der Waals surface area contributed by atoms with Crippen LogP contribution in [0.15, 0.2) is 89.4 Å². The molecule has 0 aliphatic heterocycles. The van der Waals surface area contributed by atoms with Crippen LogP contribution < -0.4 is 5.48 Å². The molecule has 3 N–H and O–H groups in total. The van der Waals surface area contributed by atoms with Crippen molar-refractivity contribution >= 4 is 27.6 Å². The lowest BCUT2D eigenvalue weighted by Crippen LogP contribution is -2.18. The molecule has 5 nitrogen and oxygen atoms in total. The summed E-state index contributed by atoms with van der Waals surface area (Å²) in [7, 11) is 0. The first-order valence-corrected chi connectivity index (χ1v) is 11.0. The third-order valence-corrected chi connectivity index (χ3v) is 5.77. The summed E-state index contributed by atoms with van der Waals surface area (Å²) in [5, 5.41) is 8.73. The number of benzene rings is 3. The summed E-state index contributed by atoms with van der Waals surface area (Å²) < 4.78 is 0.947. The molecular weight excluding hydrogens is 468 g/mol. The van der Waals surface area contributed by atoms with Gasteiger partial charge in [0.1, 0.15) is 0 Å². The van der Waals surface area contributed by atoms with Gasteiger partial charge in [-0.05, 0) is 53.4 Å². The largest absolute Gasteiger partial charge is 0.352 e. The number of ketones is 1. The third kappa shape index (κ3) is 4.88. The van der Waals surface area contributed by atoms with Gasteiger partial charge in [-0.25, -0.2) is 5.48 Å². The number of nitrogens with one attached hydrogen (secondary N) is 2. The second kappa shape index (κ2) is 9.77. The van der Waals surface area contributed by atoms with Crippen LogP contribution in [0.5, 0.6) is 0 Å². The van der Waals surface area contributed by atoms with E-state index in [1.54, 1.807) is 29.7 Å². The van der Waals surface area contributed by atoms with Crippen molar-refractivity contribution in [2.24, 2.45) is 0 Å². The van der Waals surface area contributed by atoms with Gasteiger partial charge >= 0.3 is 0 Å². The summed E-state index contributed by atoms with van der Waals surface area (Å²) in [6.45, 7) is 0. The molecule has 1 amide bonds. The van der Waals surface area contributed by atoms with Gasteiger partial charge in [-0.15, -0.1) is 0 Å². The molecule has 0 unspecified atom stereocenters. The van der Waals surface area contributed by atoms with Gasteiger partial charge in [-0.3, -0.25) is 14.8 Å². The van der Waals surface area contributed by atoms with Crippen molar-refractivity contribution in [2.75, 3.05) is 0 Å². The van der Waals surface area contributed by atoms with Gasteiger partial charge in [0, 0.05) is 27.7 Å². The van der Waals surface area contributed by atoms with Gasteiger partial charge < -0.3 is 4.98 Å². The van der Waals surface area contributed by atoms with Crippen LogP contribution >= 0.6 is 15.9 Å². The molecule has 4 aromatic rings. The van der Waals surface area contributed by atoms with E-state index in [1.807, 2.05) is 60.7 Å². The standard InChI is InChI=1S/C26H21BrN2O3/c27-21-8-4-7-20(15-21)22-16-23(18-5-2-1-3-6-18)28-25(22)24(30)14-11-17-9-12-19(13-10-17)26(31)29-32/h1-10,12-13,15-16,28,32H,11,14H2,(H,29,31). The smallest absolute Gasteiger partial charge is 0.274 e. The maximum Gasteiger partial charge on any atom is 0.274 e. The molecule has 0 aliphatic rings. The molecule has 0 saturated carbocycles. The lowest BCUT2D eigenvalue weighted by molar-refractivity contribution is 0.0706. The second-order valence-corrected chi connectivity index (χ2v) is 8.32. The average Bonchev–Trinajstić information content (AvgIpc) is 3.29. The minimum absolute atomic E-state index is 0.0133. The monoisotopic (exact) mass is 488 g/mol. The lowest BCUT2D eigenvalue weighted by Gasteiger charge is -2.06. The van der Waals surface area contributed by atoms with Crippen molar-refractivity contribution in [1.82, 2.24) is 10.5 Å². The minimum atomic E-state index is -0.564. The second-order valence-electron chi connectivity index (χ2n) is 7.41. The zero-order chi connectivity index (χ0) is 22.5. The van der Waals surface area contributed by atoms with Crippen LogP contribution in [0.4, 0.5) is 0 Å². The number of aromatic amines is 1. The van der Waals surface area contributed by atoms with Crippen molar-refractivity contribution in [3.63, 3.8) is 0 Å². The van der Waals surface area contributed by atoms with Crippen LogP contribution in [0, 0.1) is 0 Å². The number of carbonyl (C=O) groups excluding carboxylic acids is 2. The first-order valence-electron chi connectivity index (χ1n) is 10.2. The number of hydroxylamine groups is 1. The van der Waals surface area contributed by atoms with Crippen LogP contribution in [-0.4, -0.2) is 21.9 Å². The highest BCUT2D eigenvalue weighted by molar-refractivity contribution is 9.10. The molecule has 0 fully saturated rings. The summed E-state index contributed by atoms with van der Waals surface area (Å²) in [6, 6.07) is 26.7. The Balaban J connectivity index is 1.60. The Hall–Kier alpha value is -3.48. The molecule has 0 aliphatic carbocycles. The number of rotatable bonds is 7. The van der Waals surface area contributed by atoms with Gasteiger partial charge in [0.05, 0.1) is 5.69 Å². The molecule has 1 aromatic heterocycles. The van der Waals surface area contributed by atoms with Gasteiger partial charge in [-0.2, -0.15) is 0 Å². The van der Waals surface area contributed by atoms with Crippen LogP contribution in [-0.2, 0) is 6.42 Å². The normalized spacial score (nSPS) is 10.7. The number of aryl methyl sites for hydroxylation is 1. The molecule has 1 heterocycles. The van der Waals surface area contributed by atoms with E-state index in [-0.39, 0.29) is 5.78 Å². The summed E-state index contributed by atoms with van der Waals surface area (Å²) >= 11 is 3.52.